The summed E-state index contributed by atoms with van der Waals surface area (Å²) in [5.74, 6) is -1.36. The van der Waals surface area contributed by atoms with Crippen LogP contribution in [0, 0.1) is 12.3 Å². The number of ketones is 1. The molecule has 0 aliphatic carbocycles. The summed E-state index contributed by atoms with van der Waals surface area (Å²) in [5, 5.41) is 2.44. The number of hydrogen-bond donors (Lipinski definition) is 1. The zero-order chi connectivity index (χ0) is 18.6. The number of rotatable bonds is 4. The number of carbonyl (C=O) groups excluding carboxylic acids is 3. The number of Topliss-reactive ketones (excluding diaryl/α,β-unsaturated/α-hetero) is 1. The topological polar surface area (TPSA) is 69.7 Å². The molecular weight excluding hydrogens is 318 g/mol. The van der Waals surface area contributed by atoms with Crippen molar-refractivity contribution in [3.63, 3.8) is 0 Å². The average molecular weight is 345 g/mol. The molecule has 0 unspecified atom stereocenters. The number of benzene rings is 1. The predicted octanol–water partition coefficient (Wildman–Crippen LogP) is 1.38. The molecule has 0 spiro atoms. The van der Waals surface area contributed by atoms with E-state index in [-0.39, 0.29) is 12.5 Å². The quantitative estimate of drug-likeness (QED) is 0.837. The van der Waals surface area contributed by atoms with Crippen LogP contribution in [-0.4, -0.2) is 55.2 Å². The molecule has 25 heavy (non-hydrogen) atoms. The summed E-state index contributed by atoms with van der Waals surface area (Å²) in [6, 6.07) is 8.20. The maximum Gasteiger partial charge on any atom is 0.288 e. The van der Waals surface area contributed by atoms with Crippen LogP contribution in [0.1, 0.15) is 26.3 Å². The first-order valence-electron chi connectivity index (χ1n) is 8.61. The SMILES string of the molecule is Cc1ccccc1N1CCN(C(=O)CNC(=O)C(=O)C(C)(C)C)CC1. The zero-order valence-electron chi connectivity index (χ0n) is 15.5. The fourth-order valence-electron chi connectivity index (χ4n) is 2.80. The molecule has 1 saturated heterocycles. The highest BCUT2D eigenvalue weighted by Crippen LogP contribution is 2.20. The van der Waals surface area contributed by atoms with Crippen LogP contribution in [0.4, 0.5) is 5.69 Å². The first-order chi connectivity index (χ1) is 11.7. The Hall–Kier alpha value is -2.37. The predicted molar refractivity (Wildman–Crippen MR) is 97.4 cm³/mol. The minimum absolute atomic E-state index is 0.134. The minimum atomic E-state index is -0.744. The Morgan fingerprint density at radius 3 is 2.20 bits per heavy atom. The van der Waals surface area contributed by atoms with Crippen molar-refractivity contribution in [1.29, 1.82) is 0 Å². The number of anilines is 1. The van der Waals surface area contributed by atoms with Crippen LogP contribution in [0.25, 0.3) is 0 Å². The fourth-order valence-corrected chi connectivity index (χ4v) is 2.80. The second kappa shape index (κ2) is 7.68. The average Bonchev–Trinajstić information content (AvgIpc) is 2.58. The molecule has 6 heteroatoms. The van der Waals surface area contributed by atoms with Crippen molar-refractivity contribution < 1.29 is 14.4 Å². The molecule has 136 valence electrons. The molecule has 2 amide bonds. The van der Waals surface area contributed by atoms with Crippen molar-refractivity contribution in [3.8, 4) is 0 Å². The lowest BCUT2D eigenvalue weighted by Crippen LogP contribution is -2.52. The summed E-state index contributed by atoms with van der Waals surface area (Å²) >= 11 is 0. The van der Waals surface area contributed by atoms with Gasteiger partial charge < -0.3 is 15.1 Å². The summed E-state index contributed by atoms with van der Waals surface area (Å²) in [6.45, 7) is 9.72. The second-order valence-corrected chi connectivity index (χ2v) is 7.42. The number of nitrogens with one attached hydrogen (secondary N) is 1. The van der Waals surface area contributed by atoms with Gasteiger partial charge in [-0.2, -0.15) is 0 Å². The lowest BCUT2D eigenvalue weighted by atomic mass is 9.90. The van der Waals surface area contributed by atoms with Crippen LogP contribution in [0.15, 0.2) is 24.3 Å². The van der Waals surface area contributed by atoms with Crippen LogP contribution < -0.4 is 10.2 Å². The number of para-hydroxylation sites is 1. The van der Waals surface area contributed by atoms with E-state index in [1.165, 1.54) is 11.3 Å². The molecule has 0 bridgehead atoms. The third-order valence-electron chi connectivity index (χ3n) is 4.38. The molecule has 0 radical (unpaired) electrons. The van der Waals surface area contributed by atoms with E-state index in [9.17, 15) is 14.4 Å². The Labute approximate surface area is 149 Å². The Bertz CT molecular complexity index is 656. The standard InChI is InChI=1S/C19H27N3O3/c1-14-7-5-6-8-15(14)21-9-11-22(12-10-21)16(23)13-20-18(25)17(24)19(2,3)4/h5-8H,9-13H2,1-4H3,(H,20,25). The summed E-state index contributed by atoms with van der Waals surface area (Å²) in [7, 11) is 0. The van der Waals surface area contributed by atoms with Gasteiger partial charge in [0.2, 0.25) is 11.7 Å². The van der Waals surface area contributed by atoms with E-state index in [2.05, 4.69) is 29.3 Å². The van der Waals surface area contributed by atoms with Crippen LogP contribution >= 0.6 is 0 Å². The van der Waals surface area contributed by atoms with Crippen LogP contribution in [0.2, 0.25) is 0 Å². The van der Waals surface area contributed by atoms with Gasteiger partial charge >= 0.3 is 0 Å². The fraction of sp³-hybridized carbons (Fsp3) is 0.526. The number of nitrogens with zero attached hydrogens (tertiary/aromatic N) is 2. The van der Waals surface area contributed by atoms with Crippen molar-refractivity contribution in [2.45, 2.75) is 27.7 Å². The van der Waals surface area contributed by atoms with E-state index >= 15 is 0 Å². The summed E-state index contributed by atoms with van der Waals surface area (Å²) in [6.07, 6.45) is 0. The highest BCUT2D eigenvalue weighted by Gasteiger charge is 2.29. The molecule has 1 aromatic rings. The monoisotopic (exact) mass is 345 g/mol. The van der Waals surface area contributed by atoms with E-state index in [0.29, 0.717) is 13.1 Å². The molecule has 1 N–H and O–H groups in total. The largest absolute Gasteiger partial charge is 0.368 e. The van der Waals surface area contributed by atoms with Crippen molar-refractivity contribution >= 4 is 23.3 Å². The molecule has 1 heterocycles. The highest BCUT2D eigenvalue weighted by molar-refractivity contribution is 6.38. The van der Waals surface area contributed by atoms with E-state index in [4.69, 9.17) is 0 Å². The van der Waals surface area contributed by atoms with Gasteiger partial charge in [0.1, 0.15) is 0 Å². The number of piperazine rings is 1. The van der Waals surface area contributed by atoms with Gasteiger partial charge in [-0.05, 0) is 18.6 Å². The van der Waals surface area contributed by atoms with E-state index in [1.54, 1.807) is 25.7 Å². The first kappa shape index (κ1) is 19.0. The van der Waals surface area contributed by atoms with Crippen molar-refractivity contribution in [3.05, 3.63) is 29.8 Å². The van der Waals surface area contributed by atoms with E-state index in [0.717, 1.165) is 13.1 Å². The molecule has 0 saturated carbocycles. The Morgan fingerprint density at radius 1 is 1.04 bits per heavy atom. The van der Waals surface area contributed by atoms with Crippen molar-refractivity contribution in [2.75, 3.05) is 37.6 Å². The van der Waals surface area contributed by atoms with Gasteiger partial charge in [0.15, 0.2) is 0 Å². The number of aryl methyl sites for hydroxylation is 1. The second-order valence-electron chi connectivity index (χ2n) is 7.42. The zero-order valence-corrected chi connectivity index (χ0v) is 15.5. The van der Waals surface area contributed by atoms with Crippen molar-refractivity contribution in [2.24, 2.45) is 5.41 Å². The number of hydrogen-bond acceptors (Lipinski definition) is 4. The van der Waals surface area contributed by atoms with Gasteiger partial charge in [0.05, 0.1) is 6.54 Å². The van der Waals surface area contributed by atoms with Gasteiger partial charge in [0, 0.05) is 37.3 Å². The van der Waals surface area contributed by atoms with Gasteiger partial charge in [-0.3, -0.25) is 14.4 Å². The maximum absolute atomic E-state index is 12.3. The summed E-state index contributed by atoms with van der Waals surface area (Å²) in [5.41, 5.74) is 1.67. The Morgan fingerprint density at radius 2 is 1.64 bits per heavy atom. The molecule has 1 aromatic carbocycles. The minimum Gasteiger partial charge on any atom is -0.368 e. The molecule has 6 nitrogen and oxygen atoms in total. The summed E-state index contributed by atoms with van der Waals surface area (Å²) in [4.78, 5) is 39.9. The molecule has 0 atom stereocenters. The molecule has 1 aliphatic heterocycles. The Kier molecular flexibility index (Phi) is 5.82. The van der Waals surface area contributed by atoms with E-state index in [1.807, 2.05) is 12.1 Å². The maximum atomic E-state index is 12.3. The highest BCUT2D eigenvalue weighted by atomic mass is 16.2. The first-order valence-corrected chi connectivity index (χ1v) is 8.61. The van der Waals surface area contributed by atoms with Crippen LogP contribution in [-0.2, 0) is 14.4 Å². The van der Waals surface area contributed by atoms with Gasteiger partial charge in [0.25, 0.3) is 5.91 Å². The van der Waals surface area contributed by atoms with E-state index < -0.39 is 17.1 Å². The lowest BCUT2D eigenvalue weighted by molar-refractivity contribution is -0.143. The third kappa shape index (κ3) is 4.81. The molecule has 2 rings (SSSR count). The van der Waals surface area contributed by atoms with Crippen LogP contribution in [0.5, 0.6) is 0 Å². The number of carbonyl (C=O) groups is 3. The molecular formula is C19H27N3O3. The Balaban J connectivity index is 1.83. The van der Waals surface area contributed by atoms with Crippen LogP contribution in [0.3, 0.4) is 0 Å². The van der Waals surface area contributed by atoms with Gasteiger partial charge in [-0.25, -0.2) is 0 Å². The lowest BCUT2D eigenvalue weighted by Gasteiger charge is -2.36. The molecule has 1 aliphatic rings. The number of amides is 2. The normalized spacial score (nSPS) is 15.0. The van der Waals surface area contributed by atoms with Crippen molar-refractivity contribution in [1.82, 2.24) is 10.2 Å². The smallest absolute Gasteiger partial charge is 0.288 e. The summed E-state index contributed by atoms with van der Waals surface area (Å²) < 4.78 is 0. The molecule has 1 fully saturated rings. The molecule has 0 aromatic heterocycles. The van der Waals surface area contributed by atoms with Gasteiger partial charge in [-0.1, -0.05) is 39.0 Å². The van der Waals surface area contributed by atoms with Gasteiger partial charge in [-0.15, -0.1) is 0 Å². The third-order valence-corrected chi connectivity index (χ3v) is 4.38.